The molecule has 1 saturated carbocycles. The van der Waals surface area contributed by atoms with E-state index < -0.39 is 27.1 Å². The fourth-order valence-corrected chi connectivity index (χ4v) is 5.20. The van der Waals surface area contributed by atoms with Crippen molar-refractivity contribution < 1.29 is 23.3 Å². The van der Waals surface area contributed by atoms with Gasteiger partial charge in [0.2, 0.25) is 0 Å². The Hall–Kier alpha value is -0.950. The van der Waals surface area contributed by atoms with Crippen LogP contribution < -0.4 is 0 Å². The highest BCUT2D eigenvalue weighted by molar-refractivity contribution is 7.91. The first kappa shape index (κ1) is 15.9. The SMILES string of the molecule is CC1(CS(=O)(=O)c2ccccc2)OO[C@@H]2C[C@H]1CC[C@@]2(C)O. The summed E-state index contributed by atoms with van der Waals surface area (Å²) < 4.78 is 25.2. The second kappa shape index (κ2) is 5.30. The summed E-state index contributed by atoms with van der Waals surface area (Å²) in [4.78, 5) is 11.1. The molecule has 2 fully saturated rings. The van der Waals surface area contributed by atoms with Gasteiger partial charge in [-0.3, -0.25) is 0 Å². The van der Waals surface area contributed by atoms with Crippen LogP contribution in [-0.4, -0.2) is 36.6 Å². The minimum Gasteiger partial charge on any atom is -0.387 e. The summed E-state index contributed by atoms with van der Waals surface area (Å²) in [6, 6.07) is 8.39. The van der Waals surface area contributed by atoms with Gasteiger partial charge in [-0.25, -0.2) is 18.2 Å². The molecule has 2 bridgehead atoms. The molecule has 122 valence electrons. The lowest BCUT2D eigenvalue weighted by molar-refractivity contribution is -0.441. The topological polar surface area (TPSA) is 72.8 Å². The fraction of sp³-hybridized carbons (Fsp3) is 0.625. The number of hydrogen-bond donors (Lipinski definition) is 1. The van der Waals surface area contributed by atoms with Gasteiger partial charge in [-0.1, -0.05) is 18.2 Å². The molecule has 2 aliphatic rings. The molecule has 22 heavy (non-hydrogen) atoms. The van der Waals surface area contributed by atoms with Crippen LogP contribution in [0.5, 0.6) is 0 Å². The molecule has 1 unspecified atom stereocenters. The highest BCUT2D eigenvalue weighted by Gasteiger charge is 2.53. The van der Waals surface area contributed by atoms with Crippen LogP contribution in [0.3, 0.4) is 0 Å². The maximum absolute atomic E-state index is 12.6. The summed E-state index contributed by atoms with van der Waals surface area (Å²) in [6.45, 7) is 3.52. The highest BCUT2D eigenvalue weighted by atomic mass is 32.2. The summed E-state index contributed by atoms with van der Waals surface area (Å²) >= 11 is 0. The van der Waals surface area contributed by atoms with Crippen molar-refractivity contribution in [3.05, 3.63) is 30.3 Å². The number of benzene rings is 1. The molecule has 0 spiro atoms. The van der Waals surface area contributed by atoms with Gasteiger partial charge in [-0.2, -0.15) is 0 Å². The quantitative estimate of drug-likeness (QED) is 0.861. The zero-order valence-corrected chi connectivity index (χ0v) is 13.7. The molecule has 5 nitrogen and oxygen atoms in total. The zero-order valence-electron chi connectivity index (χ0n) is 12.9. The normalized spacial score (nSPS) is 38.7. The number of sulfone groups is 1. The molecular formula is C16H22O5S. The van der Waals surface area contributed by atoms with Gasteiger partial charge < -0.3 is 5.11 Å². The number of hydrogen-bond acceptors (Lipinski definition) is 5. The Morgan fingerprint density at radius 2 is 1.95 bits per heavy atom. The van der Waals surface area contributed by atoms with Crippen molar-refractivity contribution in [3.8, 4) is 0 Å². The monoisotopic (exact) mass is 326 g/mol. The second-order valence-electron chi connectivity index (χ2n) is 6.88. The minimum atomic E-state index is -3.45. The molecule has 1 heterocycles. The van der Waals surface area contributed by atoms with E-state index in [-0.39, 0.29) is 11.7 Å². The Bertz CT molecular complexity index is 640. The van der Waals surface area contributed by atoms with E-state index in [0.717, 1.165) is 6.42 Å². The van der Waals surface area contributed by atoms with Gasteiger partial charge in [0.1, 0.15) is 11.7 Å². The summed E-state index contributed by atoms with van der Waals surface area (Å²) in [6.07, 6.45) is 1.55. The van der Waals surface area contributed by atoms with Crippen molar-refractivity contribution in [1.29, 1.82) is 0 Å². The Morgan fingerprint density at radius 1 is 1.27 bits per heavy atom. The predicted octanol–water partition coefficient (Wildman–Crippen LogP) is 2.10. The Labute approximate surface area is 131 Å². The van der Waals surface area contributed by atoms with E-state index in [2.05, 4.69) is 0 Å². The highest BCUT2D eigenvalue weighted by Crippen LogP contribution is 2.45. The van der Waals surface area contributed by atoms with Crippen molar-refractivity contribution >= 4 is 9.84 Å². The van der Waals surface area contributed by atoms with Crippen LogP contribution >= 0.6 is 0 Å². The molecule has 0 radical (unpaired) electrons. The zero-order chi connectivity index (χ0) is 16.0. The van der Waals surface area contributed by atoms with Crippen LogP contribution in [0.25, 0.3) is 0 Å². The van der Waals surface area contributed by atoms with E-state index in [4.69, 9.17) is 9.78 Å². The molecule has 6 heteroatoms. The van der Waals surface area contributed by atoms with Gasteiger partial charge in [0, 0.05) is 0 Å². The van der Waals surface area contributed by atoms with Crippen LogP contribution in [0, 0.1) is 5.92 Å². The molecule has 0 amide bonds. The predicted molar refractivity (Wildman–Crippen MR) is 80.8 cm³/mol. The first-order chi connectivity index (χ1) is 10.2. The third-order valence-corrected chi connectivity index (χ3v) is 6.93. The van der Waals surface area contributed by atoms with Crippen molar-refractivity contribution in [2.75, 3.05) is 5.75 Å². The fourth-order valence-electron chi connectivity index (χ4n) is 3.42. The third kappa shape index (κ3) is 2.80. The van der Waals surface area contributed by atoms with Gasteiger partial charge in [-0.05, 0) is 51.2 Å². The molecule has 1 aromatic carbocycles. The standard InChI is InChI=1S/C16H22O5S/c1-15(17)9-8-12-10-14(15)20-21-16(12,2)11-22(18,19)13-6-4-3-5-7-13/h3-7,12,14,17H,8-11H2,1-2H3/t12-,14-,15-,16?/m1/s1. The molecule has 1 N–H and O–H groups in total. The average molecular weight is 326 g/mol. The maximum atomic E-state index is 12.6. The summed E-state index contributed by atoms with van der Waals surface area (Å²) in [5.41, 5.74) is -1.79. The molecule has 0 aromatic heterocycles. The number of aliphatic hydroxyl groups is 1. The lowest BCUT2D eigenvalue weighted by Crippen LogP contribution is -2.58. The Morgan fingerprint density at radius 3 is 2.64 bits per heavy atom. The van der Waals surface area contributed by atoms with Crippen molar-refractivity contribution in [3.63, 3.8) is 0 Å². The van der Waals surface area contributed by atoms with Crippen LogP contribution in [0.1, 0.15) is 33.1 Å². The lowest BCUT2D eigenvalue weighted by atomic mass is 9.71. The van der Waals surface area contributed by atoms with Crippen molar-refractivity contribution in [2.24, 2.45) is 5.92 Å². The molecule has 1 aliphatic heterocycles. The van der Waals surface area contributed by atoms with Crippen LogP contribution in [0.15, 0.2) is 35.2 Å². The second-order valence-corrected chi connectivity index (χ2v) is 8.87. The average Bonchev–Trinajstić information content (AvgIpc) is 2.46. The van der Waals surface area contributed by atoms with Gasteiger partial charge in [0.25, 0.3) is 0 Å². The molecule has 1 aliphatic carbocycles. The summed E-state index contributed by atoms with van der Waals surface area (Å²) in [5.74, 6) is -0.0613. The van der Waals surface area contributed by atoms with E-state index in [1.54, 1.807) is 44.2 Å². The van der Waals surface area contributed by atoms with E-state index >= 15 is 0 Å². The van der Waals surface area contributed by atoms with Crippen molar-refractivity contribution in [2.45, 2.75) is 55.3 Å². The maximum Gasteiger partial charge on any atom is 0.181 e. The first-order valence-electron chi connectivity index (χ1n) is 7.58. The molecule has 1 aromatic rings. The van der Waals surface area contributed by atoms with Gasteiger partial charge in [0.05, 0.1) is 16.2 Å². The largest absolute Gasteiger partial charge is 0.387 e. The number of rotatable bonds is 3. The molecule has 4 atom stereocenters. The van der Waals surface area contributed by atoms with E-state index in [1.165, 1.54) is 0 Å². The van der Waals surface area contributed by atoms with E-state index in [1.807, 2.05) is 0 Å². The smallest absolute Gasteiger partial charge is 0.181 e. The Kier molecular flexibility index (Phi) is 3.84. The van der Waals surface area contributed by atoms with Gasteiger partial charge >= 0.3 is 0 Å². The lowest BCUT2D eigenvalue weighted by Gasteiger charge is -2.50. The molecule has 1 saturated heterocycles. The molecule has 3 rings (SSSR count). The third-order valence-electron chi connectivity index (χ3n) is 4.99. The first-order valence-corrected chi connectivity index (χ1v) is 9.23. The molecular weight excluding hydrogens is 304 g/mol. The Balaban J connectivity index is 1.81. The van der Waals surface area contributed by atoms with Gasteiger partial charge in [-0.15, -0.1) is 0 Å². The van der Waals surface area contributed by atoms with Crippen LogP contribution in [0.4, 0.5) is 0 Å². The van der Waals surface area contributed by atoms with Crippen molar-refractivity contribution in [1.82, 2.24) is 0 Å². The van der Waals surface area contributed by atoms with E-state index in [0.29, 0.717) is 17.7 Å². The summed E-state index contributed by atoms with van der Waals surface area (Å²) in [7, 11) is -3.45. The van der Waals surface area contributed by atoms with Crippen LogP contribution in [-0.2, 0) is 19.6 Å². The van der Waals surface area contributed by atoms with E-state index in [9.17, 15) is 13.5 Å². The number of fused-ring (bicyclic) bond motifs is 2. The summed E-state index contributed by atoms with van der Waals surface area (Å²) in [5, 5.41) is 10.2. The van der Waals surface area contributed by atoms with Crippen LogP contribution in [0.2, 0.25) is 0 Å². The van der Waals surface area contributed by atoms with Gasteiger partial charge in [0.15, 0.2) is 9.84 Å². The minimum absolute atomic E-state index is 0.0602.